The predicted octanol–water partition coefficient (Wildman–Crippen LogP) is 4.64. The van der Waals surface area contributed by atoms with Gasteiger partial charge in [-0.15, -0.1) is 0 Å². The first-order chi connectivity index (χ1) is 14.1. The van der Waals surface area contributed by atoms with Crippen molar-refractivity contribution >= 4 is 17.3 Å². The lowest BCUT2D eigenvalue weighted by molar-refractivity contribution is 0.173. The third-order valence-electron chi connectivity index (χ3n) is 6.24. The number of halogens is 1. The van der Waals surface area contributed by atoms with Crippen molar-refractivity contribution < 1.29 is 4.74 Å². The topological polar surface area (TPSA) is 39.5 Å². The zero-order chi connectivity index (χ0) is 20.2. The summed E-state index contributed by atoms with van der Waals surface area (Å²) >= 11 is 6.38. The van der Waals surface area contributed by atoms with Crippen LogP contribution in [0.1, 0.15) is 29.5 Å². The number of aryl methyl sites for hydroxylation is 1. The summed E-state index contributed by atoms with van der Waals surface area (Å²) in [6, 6.07) is 17.0. The molecule has 0 saturated carbocycles. The van der Waals surface area contributed by atoms with Crippen LogP contribution in [-0.4, -0.2) is 43.8 Å². The van der Waals surface area contributed by atoms with Crippen LogP contribution in [0.25, 0.3) is 0 Å². The molecule has 2 aliphatic rings. The molecular weight excluding hydrogens is 382 g/mol. The first kappa shape index (κ1) is 20.2. The number of nitriles is 1. The molecule has 0 amide bonds. The number of anilines is 1. The highest BCUT2D eigenvalue weighted by Crippen LogP contribution is 2.30. The van der Waals surface area contributed by atoms with Gasteiger partial charge in [0.1, 0.15) is 6.07 Å². The fourth-order valence-corrected chi connectivity index (χ4v) is 4.72. The number of likely N-dealkylation sites (tertiary alicyclic amines) is 1. The van der Waals surface area contributed by atoms with Gasteiger partial charge >= 0.3 is 0 Å². The van der Waals surface area contributed by atoms with E-state index >= 15 is 0 Å². The lowest BCUT2D eigenvalue weighted by atomic mass is 10.1. The lowest BCUT2D eigenvalue weighted by Crippen LogP contribution is -2.38. The molecule has 1 unspecified atom stereocenters. The minimum Gasteiger partial charge on any atom is -0.381 e. The largest absolute Gasteiger partial charge is 0.381 e. The smallest absolute Gasteiger partial charge is 0.101 e. The second kappa shape index (κ2) is 9.17. The van der Waals surface area contributed by atoms with E-state index in [-0.39, 0.29) is 0 Å². The third-order valence-corrected chi connectivity index (χ3v) is 6.55. The first-order valence-corrected chi connectivity index (χ1v) is 10.8. The Hall–Kier alpha value is -2.06. The SMILES string of the molecule is Cc1ccccc1CN(c1ccc(C#N)c(Cl)c1)[C@H]1CCN(CC2CCOC2)C1. The molecule has 2 aromatic carbocycles. The Labute approximate surface area is 178 Å². The second-order valence-electron chi connectivity index (χ2n) is 8.26. The molecule has 0 aromatic heterocycles. The maximum Gasteiger partial charge on any atom is 0.101 e. The minimum atomic E-state index is 0.431. The predicted molar refractivity (Wildman–Crippen MR) is 117 cm³/mol. The molecule has 152 valence electrons. The summed E-state index contributed by atoms with van der Waals surface area (Å²) in [7, 11) is 0. The van der Waals surface area contributed by atoms with Crippen LogP contribution in [0, 0.1) is 24.2 Å². The average molecular weight is 410 g/mol. The van der Waals surface area contributed by atoms with E-state index in [0.717, 1.165) is 51.5 Å². The van der Waals surface area contributed by atoms with Gasteiger partial charge in [-0.25, -0.2) is 0 Å². The molecule has 2 atom stereocenters. The monoisotopic (exact) mass is 409 g/mol. The van der Waals surface area contributed by atoms with E-state index in [1.807, 2.05) is 18.2 Å². The van der Waals surface area contributed by atoms with Gasteiger partial charge in [0.2, 0.25) is 0 Å². The highest BCUT2D eigenvalue weighted by Gasteiger charge is 2.30. The number of rotatable bonds is 6. The molecule has 0 radical (unpaired) electrons. The van der Waals surface area contributed by atoms with E-state index < -0.39 is 0 Å². The molecule has 0 N–H and O–H groups in total. The van der Waals surface area contributed by atoms with E-state index in [4.69, 9.17) is 16.3 Å². The summed E-state index contributed by atoms with van der Waals surface area (Å²) in [5.41, 5.74) is 4.25. The summed E-state index contributed by atoms with van der Waals surface area (Å²) in [6.07, 6.45) is 2.32. The summed E-state index contributed by atoms with van der Waals surface area (Å²) in [6.45, 7) is 8.13. The van der Waals surface area contributed by atoms with Gasteiger partial charge in [0, 0.05) is 44.5 Å². The van der Waals surface area contributed by atoms with Crippen molar-refractivity contribution in [3.8, 4) is 6.07 Å². The number of ether oxygens (including phenoxy) is 1. The Morgan fingerprint density at radius 3 is 2.83 bits per heavy atom. The fraction of sp³-hybridized carbons (Fsp3) is 0.458. The quantitative estimate of drug-likeness (QED) is 0.696. The van der Waals surface area contributed by atoms with Crippen LogP contribution >= 0.6 is 11.6 Å². The van der Waals surface area contributed by atoms with Crippen LogP contribution in [-0.2, 0) is 11.3 Å². The Bertz CT molecular complexity index is 888. The van der Waals surface area contributed by atoms with Gasteiger partial charge in [0.25, 0.3) is 0 Å². The molecule has 2 aliphatic heterocycles. The molecule has 4 nitrogen and oxygen atoms in total. The minimum absolute atomic E-state index is 0.431. The number of benzene rings is 2. The normalized spacial score (nSPS) is 22.0. The standard InChI is InChI=1S/C24H28ClN3O/c1-18-4-2-3-5-21(18)15-28(22-7-6-20(13-26)24(25)12-22)23-8-10-27(16-23)14-19-9-11-29-17-19/h2-7,12,19,23H,8-11,14-17H2,1H3/t19?,23-/m0/s1. The van der Waals surface area contributed by atoms with Crippen LogP contribution in [0.2, 0.25) is 5.02 Å². The van der Waals surface area contributed by atoms with Crippen molar-refractivity contribution in [2.75, 3.05) is 37.7 Å². The highest BCUT2D eigenvalue weighted by atomic mass is 35.5. The lowest BCUT2D eigenvalue weighted by Gasteiger charge is -2.32. The molecule has 5 heteroatoms. The third kappa shape index (κ3) is 4.75. The van der Waals surface area contributed by atoms with Gasteiger partial charge in [-0.2, -0.15) is 5.26 Å². The van der Waals surface area contributed by atoms with E-state index in [0.29, 0.717) is 22.5 Å². The van der Waals surface area contributed by atoms with Crippen molar-refractivity contribution in [3.63, 3.8) is 0 Å². The second-order valence-corrected chi connectivity index (χ2v) is 8.67. The average Bonchev–Trinajstić information content (AvgIpc) is 3.40. The van der Waals surface area contributed by atoms with Crippen LogP contribution < -0.4 is 4.90 Å². The van der Waals surface area contributed by atoms with Gasteiger partial charge in [-0.3, -0.25) is 0 Å². The number of hydrogen-bond acceptors (Lipinski definition) is 4. The van der Waals surface area contributed by atoms with Crippen LogP contribution in [0.15, 0.2) is 42.5 Å². The van der Waals surface area contributed by atoms with Crippen molar-refractivity contribution in [2.45, 2.75) is 32.4 Å². The molecule has 2 heterocycles. The van der Waals surface area contributed by atoms with Crippen molar-refractivity contribution in [1.29, 1.82) is 5.26 Å². The number of nitrogens with zero attached hydrogens (tertiary/aromatic N) is 3. The van der Waals surface area contributed by atoms with E-state index in [1.54, 1.807) is 0 Å². The molecule has 29 heavy (non-hydrogen) atoms. The number of hydrogen-bond donors (Lipinski definition) is 0. The van der Waals surface area contributed by atoms with Gasteiger partial charge < -0.3 is 14.5 Å². The summed E-state index contributed by atoms with van der Waals surface area (Å²) in [5, 5.41) is 9.76. The van der Waals surface area contributed by atoms with Crippen molar-refractivity contribution in [1.82, 2.24) is 4.90 Å². The van der Waals surface area contributed by atoms with Crippen molar-refractivity contribution in [2.24, 2.45) is 5.92 Å². The van der Waals surface area contributed by atoms with Gasteiger partial charge in [-0.05, 0) is 55.0 Å². The molecule has 0 aliphatic carbocycles. The van der Waals surface area contributed by atoms with E-state index in [1.165, 1.54) is 17.5 Å². The van der Waals surface area contributed by atoms with Gasteiger partial charge in [0.05, 0.1) is 17.2 Å². The molecule has 2 fully saturated rings. The van der Waals surface area contributed by atoms with Gasteiger partial charge in [0.15, 0.2) is 0 Å². The van der Waals surface area contributed by atoms with E-state index in [9.17, 15) is 5.26 Å². The first-order valence-electron chi connectivity index (χ1n) is 10.4. The highest BCUT2D eigenvalue weighted by molar-refractivity contribution is 6.32. The molecule has 4 rings (SSSR count). The zero-order valence-electron chi connectivity index (χ0n) is 17.0. The molecular formula is C24H28ClN3O. The Morgan fingerprint density at radius 1 is 1.24 bits per heavy atom. The Balaban J connectivity index is 1.56. The van der Waals surface area contributed by atoms with E-state index in [2.05, 4.69) is 47.1 Å². The van der Waals surface area contributed by atoms with Crippen molar-refractivity contribution in [3.05, 3.63) is 64.2 Å². The van der Waals surface area contributed by atoms with Gasteiger partial charge in [-0.1, -0.05) is 35.9 Å². The molecule has 2 aromatic rings. The Kier molecular flexibility index (Phi) is 6.40. The fourth-order valence-electron chi connectivity index (χ4n) is 4.50. The maximum atomic E-state index is 9.24. The molecule has 0 bridgehead atoms. The van der Waals surface area contributed by atoms with Crippen LogP contribution in [0.5, 0.6) is 0 Å². The van der Waals surface area contributed by atoms with Crippen LogP contribution in [0.3, 0.4) is 0 Å². The summed E-state index contributed by atoms with van der Waals surface area (Å²) in [4.78, 5) is 5.06. The summed E-state index contributed by atoms with van der Waals surface area (Å²) < 4.78 is 5.56. The maximum absolute atomic E-state index is 9.24. The zero-order valence-corrected chi connectivity index (χ0v) is 17.7. The Morgan fingerprint density at radius 2 is 2.10 bits per heavy atom. The molecule has 0 spiro atoms. The molecule has 2 saturated heterocycles. The summed E-state index contributed by atoms with van der Waals surface area (Å²) in [5.74, 6) is 0.669. The van der Waals surface area contributed by atoms with Crippen LogP contribution in [0.4, 0.5) is 5.69 Å².